The molecule has 0 N–H and O–H groups in total. The minimum absolute atomic E-state index is 0.148. The van der Waals surface area contributed by atoms with Gasteiger partial charge in [0.25, 0.3) is 5.91 Å². The second kappa shape index (κ2) is 9.65. The van der Waals surface area contributed by atoms with Crippen molar-refractivity contribution in [2.45, 2.75) is 6.61 Å². The Morgan fingerprint density at radius 1 is 1.03 bits per heavy atom. The highest BCUT2D eigenvalue weighted by molar-refractivity contribution is 9.11. The second-order valence-corrected chi connectivity index (χ2v) is 9.97. The van der Waals surface area contributed by atoms with Crippen LogP contribution in [0.4, 0.5) is 10.1 Å². The van der Waals surface area contributed by atoms with Gasteiger partial charge in [-0.2, -0.15) is 0 Å². The smallest absolute Gasteiger partial charge is 0.270 e. The lowest BCUT2D eigenvalue weighted by Gasteiger charge is -2.14. The van der Waals surface area contributed by atoms with Crippen molar-refractivity contribution in [3.05, 3.63) is 97.5 Å². The summed E-state index contributed by atoms with van der Waals surface area (Å²) in [5.74, 6) is 0.191. The molecule has 156 valence electrons. The minimum atomic E-state index is -0.284. The number of amides is 1. The Morgan fingerprint density at radius 2 is 1.68 bits per heavy atom. The van der Waals surface area contributed by atoms with Crippen molar-refractivity contribution in [1.82, 2.24) is 0 Å². The molecule has 3 nitrogen and oxygen atoms in total. The Bertz CT molecular complexity index is 1160. The zero-order chi connectivity index (χ0) is 22.0. The van der Waals surface area contributed by atoms with Crippen LogP contribution in [0.2, 0.25) is 0 Å². The molecule has 4 rings (SSSR count). The van der Waals surface area contributed by atoms with Crippen LogP contribution in [0.25, 0.3) is 6.08 Å². The number of benzene rings is 3. The van der Waals surface area contributed by atoms with Gasteiger partial charge in [-0.25, -0.2) is 4.39 Å². The molecule has 1 heterocycles. The first-order chi connectivity index (χ1) is 14.9. The summed E-state index contributed by atoms with van der Waals surface area (Å²) < 4.78 is 20.9. The highest BCUT2D eigenvalue weighted by Crippen LogP contribution is 2.39. The number of rotatable bonds is 5. The van der Waals surface area contributed by atoms with Gasteiger partial charge in [0.05, 0.1) is 19.5 Å². The van der Waals surface area contributed by atoms with Crippen LogP contribution >= 0.6 is 55.8 Å². The highest BCUT2D eigenvalue weighted by atomic mass is 79.9. The van der Waals surface area contributed by atoms with Crippen molar-refractivity contribution in [3.63, 3.8) is 0 Å². The molecule has 3 aromatic carbocycles. The second-order valence-electron chi connectivity index (χ2n) is 6.58. The van der Waals surface area contributed by atoms with Gasteiger partial charge >= 0.3 is 0 Å². The molecule has 0 atom stereocenters. The topological polar surface area (TPSA) is 29.5 Å². The van der Waals surface area contributed by atoms with Gasteiger partial charge in [0, 0.05) is 0 Å². The van der Waals surface area contributed by atoms with Gasteiger partial charge in [-0.05, 0) is 85.5 Å². The number of carbonyl (C=O) groups is 1. The fourth-order valence-corrected chi connectivity index (χ4v) is 5.71. The largest absolute Gasteiger partial charge is 0.487 e. The van der Waals surface area contributed by atoms with Crippen molar-refractivity contribution < 1.29 is 13.9 Å². The number of para-hydroxylation sites is 1. The summed E-state index contributed by atoms with van der Waals surface area (Å²) in [4.78, 5) is 15.0. The van der Waals surface area contributed by atoms with Crippen LogP contribution in [0.5, 0.6) is 5.75 Å². The summed E-state index contributed by atoms with van der Waals surface area (Å²) in [5, 5.41) is 0. The van der Waals surface area contributed by atoms with Crippen LogP contribution < -0.4 is 9.64 Å². The van der Waals surface area contributed by atoms with Gasteiger partial charge in [-0.15, -0.1) is 0 Å². The standard InChI is InChI=1S/C23H14Br2FNO2S2/c24-18-10-15(11-19(25)21(18)29-13-14-6-8-16(26)9-7-14)12-20-22(28)27(23(30)31-20)17-4-2-1-3-5-17/h1-12H,13H2/b20-12+. The van der Waals surface area contributed by atoms with Crippen molar-refractivity contribution >= 4 is 77.8 Å². The zero-order valence-corrected chi connectivity index (χ0v) is 20.7. The molecule has 1 saturated heterocycles. The van der Waals surface area contributed by atoms with Crippen LogP contribution in [0.15, 0.2) is 80.6 Å². The molecule has 3 aromatic rings. The number of hydrogen-bond acceptors (Lipinski definition) is 4. The van der Waals surface area contributed by atoms with E-state index in [0.717, 1.165) is 25.8 Å². The highest BCUT2D eigenvalue weighted by Gasteiger charge is 2.33. The number of thioether (sulfide) groups is 1. The maximum Gasteiger partial charge on any atom is 0.270 e. The molecule has 0 spiro atoms. The Labute approximate surface area is 205 Å². The maximum absolute atomic E-state index is 13.1. The van der Waals surface area contributed by atoms with Crippen molar-refractivity contribution in [1.29, 1.82) is 0 Å². The molecule has 0 aromatic heterocycles. The first-order valence-electron chi connectivity index (χ1n) is 9.11. The molecule has 0 aliphatic carbocycles. The van der Waals surface area contributed by atoms with Crippen LogP contribution in [-0.4, -0.2) is 10.2 Å². The molecule has 1 fully saturated rings. The quantitative estimate of drug-likeness (QED) is 0.234. The van der Waals surface area contributed by atoms with Gasteiger partial charge in [-0.3, -0.25) is 9.69 Å². The first kappa shape index (κ1) is 22.2. The summed E-state index contributed by atoms with van der Waals surface area (Å²) in [6.07, 6.45) is 1.81. The van der Waals surface area contributed by atoms with Crippen molar-refractivity contribution in [2.24, 2.45) is 0 Å². The average molecular weight is 579 g/mol. The molecular formula is C23H14Br2FNO2S2. The van der Waals surface area contributed by atoms with E-state index in [1.807, 2.05) is 48.5 Å². The number of hydrogen-bond donors (Lipinski definition) is 0. The molecule has 31 heavy (non-hydrogen) atoms. The first-order valence-corrected chi connectivity index (χ1v) is 11.9. The van der Waals surface area contributed by atoms with E-state index in [1.54, 1.807) is 12.1 Å². The SMILES string of the molecule is O=C1/C(=C\c2cc(Br)c(OCc3ccc(F)cc3)c(Br)c2)SC(=S)N1c1ccccc1. The fourth-order valence-electron chi connectivity index (χ4n) is 2.96. The number of thiocarbonyl (C=S) groups is 1. The van der Waals surface area contributed by atoms with E-state index in [4.69, 9.17) is 17.0 Å². The van der Waals surface area contributed by atoms with E-state index in [0.29, 0.717) is 21.6 Å². The Balaban J connectivity index is 1.54. The lowest BCUT2D eigenvalue weighted by molar-refractivity contribution is -0.113. The van der Waals surface area contributed by atoms with Crippen molar-refractivity contribution in [2.75, 3.05) is 4.90 Å². The predicted octanol–water partition coefficient (Wildman–Crippen LogP) is 7.34. The Kier molecular flexibility index (Phi) is 6.91. The molecular weight excluding hydrogens is 565 g/mol. The van der Waals surface area contributed by atoms with E-state index in [-0.39, 0.29) is 11.7 Å². The lowest BCUT2D eigenvalue weighted by Crippen LogP contribution is -2.27. The van der Waals surface area contributed by atoms with E-state index in [2.05, 4.69) is 31.9 Å². The fraction of sp³-hybridized carbons (Fsp3) is 0.0435. The van der Waals surface area contributed by atoms with Crippen molar-refractivity contribution in [3.8, 4) is 5.75 Å². The minimum Gasteiger partial charge on any atom is -0.487 e. The number of nitrogens with zero attached hydrogens (tertiary/aromatic N) is 1. The lowest BCUT2D eigenvalue weighted by atomic mass is 10.2. The molecule has 0 unspecified atom stereocenters. The van der Waals surface area contributed by atoms with Crippen LogP contribution in [0, 0.1) is 5.82 Å². The third-order valence-electron chi connectivity index (χ3n) is 4.42. The van der Waals surface area contributed by atoms with Crippen LogP contribution in [0.3, 0.4) is 0 Å². The molecule has 1 amide bonds. The summed E-state index contributed by atoms with van der Waals surface area (Å²) in [6.45, 7) is 0.298. The molecule has 1 aliphatic rings. The van der Waals surface area contributed by atoms with E-state index >= 15 is 0 Å². The van der Waals surface area contributed by atoms with Gasteiger partial charge < -0.3 is 4.74 Å². The van der Waals surface area contributed by atoms with E-state index in [1.165, 1.54) is 28.8 Å². The van der Waals surface area contributed by atoms with Gasteiger partial charge in [0.15, 0.2) is 4.32 Å². The third kappa shape index (κ3) is 5.09. The van der Waals surface area contributed by atoms with Gasteiger partial charge in [0.2, 0.25) is 0 Å². The van der Waals surface area contributed by atoms with E-state index < -0.39 is 0 Å². The van der Waals surface area contributed by atoms with E-state index in [9.17, 15) is 9.18 Å². The average Bonchev–Trinajstić information content (AvgIpc) is 3.02. The Hall–Kier alpha value is -2.00. The maximum atomic E-state index is 13.1. The van der Waals surface area contributed by atoms with Crippen LogP contribution in [0.1, 0.15) is 11.1 Å². The third-order valence-corrected chi connectivity index (χ3v) is 6.90. The molecule has 8 heteroatoms. The number of carbonyl (C=O) groups excluding carboxylic acids is 1. The molecule has 0 saturated carbocycles. The number of halogens is 3. The van der Waals surface area contributed by atoms with Gasteiger partial charge in [0.1, 0.15) is 18.2 Å². The summed E-state index contributed by atoms with van der Waals surface area (Å²) in [7, 11) is 0. The molecule has 0 radical (unpaired) electrons. The van der Waals surface area contributed by atoms with Gasteiger partial charge in [-0.1, -0.05) is 54.3 Å². The summed E-state index contributed by atoms with van der Waals surface area (Å²) in [6, 6.07) is 19.3. The number of ether oxygens (including phenoxy) is 1. The molecule has 1 aliphatic heterocycles. The molecule has 0 bridgehead atoms. The Morgan fingerprint density at radius 3 is 2.32 bits per heavy atom. The number of anilines is 1. The summed E-state index contributed by atoms with van der Waals surface area (Å²) >= 11 is 13.8. The summed E-state index contributed by atoms with van der Waals surface area (Å²) in [5.41, 5.74) is 2.43. The monoisotopic (exact) mass is 577 g/mol. The zero-order valence-electron chi connectivity index (χ0n) is 15.8. The van der Waals surface area contributed by atoms with Crippen LogP contribution in [-0.2, 0) is 11.4 Å². The predicted molar refractivity (Wildman–Crippen MR) is 135 cm³/mol. The normalized spacial score (nSPS) is 15.1.